The summed E-state index contributed by atoms with van der Waals surface area (Å²) in [6, 6.07) is 8.91. The van der Waals surface area contributed by atoms with Gasteiger partial charge in [-0.05, 0) is 55.8 Å². The minimum absolute atomic E-state index is 0.0608. The van der Waals surface area contributed by atoms with Crippen LogP contribution in [0.4, 0.5) is 18.9 Å². The average Bonchev–Trinajstić information content (AvgIpc) is 2.61. The summed E-state index contributed by atoms with van der Waals surface area (Å²) in [5, 5.41) is 2.59. The molecule has 0 saturated carbocycles. The molecule has 2 rings (SSSR count). The van der Waals surface area contributed by atoms with Gasteiger partial charge in [-0.25, -0.2) is 4.79 Å². The van der Waals surface area contributed by atoms with E-state index in [-0.39, 0.29) is 12.4 Å². The van der Waals surface area contributed by atoms with Crippen LogP contribution in [0.5, 0.6) is 5.75 Å². The summed E-state index contributed by atoms with van der Waals surface area (Å²) in [5.74, 6) is -1.07. The minimum atomic E-state index is -4.49. The van der Waals surface area contributed by atoms with Crippen LogP contribution in [0.3, 0.4) is 0 Å². The molecular weight excluding hydrogens is 363 g/mol. The molecule has 0 spiro atoms. The molecule has 0 saturated heterocycles. The lowest BCUT2D eigenvalue weighted by Gasteiger charge is -2.12. The van der Waals surface area contributed by atoms with Crippen LogP contribution >= 0.6 is 0 Å². The van der Waals surface area contributed by atoms with Gasteiger partial charge < -0.3 is 14.8 Å². The highest BCUT2D eigenvalue weighted by Crippen LogP contribution is 2.31. The van der Waals surface area contributed by atoms with E-state index in [9.17, 15) is 22.8 Å². The Morgan fingerprint density at radius 3 is 2.48 bits per heavy atom. The van der Waals surface area contributed by atoms with E-state index in [1.807, 2.05) is 0 Å². The molecule has 2 aromatic carbocycles. The number of aryl methyl sites for hydroxylation is 1. The van der Waals surface area contributed by atoms with Crippen LogP contribution in [-0.4, -0.2) is 25.1 Å². The summed E-state index contributed by atoms with van der Waals surface area (Å²) < 4.78 is 48.0. The molecule has 0 bridgehead atoms. The molecular formula is C19H18F3NO4. The van der Waals surface area contributed by atoms with Crippen molar-refractivity contribution in [1.82, 2.24) is 0 Å². The molecule has 8 heteroatoms. The maximum Gasteiger partial charge on any atom is 0.416 e. The highest BCUT2D eigenvalue weighted by atomic mass is 19.4. The number of rotatable bonds is 6. The molecule has 1 N–H and O–H groups in total. The van der Waals surface area contributed by atoms with E-state index in [1.165, 1.54) is 18.2 Å². The van der Waals surface area contributed by atoms with Crippen molar-refractivity contribution in [1.29, 1.82) is 0 Å². The maximum atomic E-state index is 12.7. The molecule has 0 atom stereocenters. The van der Waals surface area contributed by atoms with Gasteiger partial charge in [0.1, 0.15) is 5.75 Å². The standard InChI is InChI=1S/C19H18F3NO4/c1-3-26-18(25)13-7-8-16(12(2)9-13)23-17(24)11-27-15-6-4-5-14(10-15)19(20,21)22/h4-10H,3,11H2,1-2H3,(H,23,24). The second kappa shape index (κ2) is 8.57. The summed E-state index contributed by atoms with van der Waals surface area (Å²) >= 11 is 0. The lowest BCUT2D eigenvalue weighted by molar-refractivity contribution is -0.137. The third kappa shape index (κ3) is 5.73. The summed E-state index contributed by atoms with van der Waals surface area (Å²) in [6.45, 7) is 3.19. The number of nitrogens with one attached hydrogen (secondary N) is 1. The van der Waals surface area contributed by atoms with Crippen molar-refractivity contribution in [3.63, 3.8) is 0 Å². The van der Waals surface area contributed by atoms with E-state index in [4.69, 9.17) is 9.47 Å². The maximum absolute atomic E-state index is 12.7. The molecule has 144 valence electrons. The molecule has 0 aliphatic carbocycles. The number of carbonyl (C=O) groups excluding carboxylic acids is 2. The van der Waals surface area contributed by atoms with Crippen LogP contribution in [0, 0.1) is 6.92 Å². The first-order valence-corrected chi connectivity index (χ1v) is 8.08. The van der Waals surface area contributed by atoms with Crippen molar-refractivity contribution in [2.24, 2.45) is 0 Å². The molecule has 0 fully saturated rings. The Labute approximate surface area is 154 Å². The molecule has 1 amide bonds. The zero-order valence-electron chi connectivity index (χ0n) is 14.7. The number of anilines is 1. The van der Waals surface area contributed by atoms with E-state index < -0.39 is 30.2 Å². The zero-order valence-corrected chi connectivity index (χ0v) is 14.7. The van der Waals surface area contributed by atoms with Gasteiger partial charge in [0.05, 0.1) is 17.7 Å². The summed E-state index contributed by atoms with van der Waals surface area (Å²) in [5.41, 5.74) is 0.590. The number of hydrogen-bond donors (Lipinski definition) is 1. The van der Waals surface area contributed by atoms with Crippen molar-refractivity contribution in [2.75, 3.05) is 18.5 Å². The molecule has 0 aromatic heterocycles. The summed E-state index contributed by atoms with van der Waals surface area (Å²) in [4.78, 5) is 23.7. The van der Waals surface area contributed by atoms with Crippen molar-refractivity contribution < 1.29 is 32.2 Å². The van der Waals surface area contributed by atoms with Crippen LogP contribution < -0.4 is 10.1 Å². The molecule has 0 aliphatic rings. The Morgan fingerprint density at radius 2 is 1.85 bits per heavy atom. The summed E-state index contributed by atoms with van der Waals surface area (Å²) in [7, 11) is 0. The van der Waals surface area contributed by atoms with Gasteiger partial charge in [0.15, 0.2) is 6.61 Å². The first kappa shape index (κ1) is 20.3. The first-order valence-electron chi connectivity index (χ1n) is 8.08. The van der Waals surface area contributed by atoms with Crippen LogP contribution in [0.2, 0.25) is 0 Å². The van der Waals surface area contributed by atoms with E-state index in [2.05, 4.69) is 5.32 Å². The fourth-order valence-corrected chi connectivity index (χ4v) is 2.24. The van der Waals surface area contributed by atoms with E-state index in [0.717, 1.165) is 12.1 Å². The van der Waals surface area contributed by atoms with Crippen molar-refractivity contribution in [3.05, 3.63) is 59.2 Å². The lowest BCUT2D eigenvalue weighted by atomic mass is 10.1. The quantitative estimate of drug-likeness (QED) is 0.762. The Kier molecular flexibility index (Phi) is 6.44. The van der Waals surface area contributed by atoms with Crippen LogP contribution in [0.1, 0.15) is 28.4 Å². The van der Waals surface area contributed by atoms with Crippen LogP contribution in [0.25, 0.3) is 0 Å². The molecule has 2 aromatic rings. The van der Waals surface area contributed by atoms with Gasteiger partial charge in [0, 0.05) is 5.69 Å². The van der Waals surface area contributed by atoms with Gasteiger partial charge in [0.25, 0.3) is 5.91 Å². The molecule has 0 radical (unpaired) electrons. The van der Waals surface area contributed by atoms with Gasteiger partial charge in [-0.1, -0.05) is 6.07 Å². The van der Waals surface area contributed by atoms with Crippen molar-refractivity contribution in [2.45, 2.75) is 20.0 Å². The topological polar surface area (TPSA) is 64.6 Å². The summed E-state index contributed by atoms with van der Waals surface area (Å²) in [6.07, 6.45) is -4.49. The van der Waals surface area contributed by atoms with Gasteiger partial charge in [-0.2, -0.15) is 13.2 Å². The predicted octanol–water partition coefficient (Wildman–Crippen LogP) is 4.21. The third-order valence-electron chi connectivity index (χ3n) is 3.54. The molecule has 0 unspecified atom stereocenters. The first-order chi connectivity index (χ1) is 12.7. The van der Waals surface area contributed by atoms with E-state index in [1.54, 1.807) is 26.0 Å². The number of amides is 1. The number of hydrogen-bond acceptors (Lipinski definition) is 4. The highest BCUT2D eigenvalue weighted by Gasteiger charge is 2.30. The Morgan fingerprint density at radius 1 is 1.11 bits per heavy atom. The second-order valence-electron chi connectivity index (χ2n) is 5.61. The largest absolute Gasteiger partial charge is 0.484 e. The number of benzene rings is 2. The van der Waals surface area contributed by atoms with Gasteiger partial charge in [-0.3, -0.25) is 4.79 Å². The normalized spacial score (nSPS) is 11.0. The number of alkyl halides is 3. The van der Waals surface area contributed by atoms with Crippen molar-refractivity contribution >= 4 is 17.6 Å². The predicted molar refractivity (Wildman–Crippen MR) is 92.7 cm³/mol. The smallest absolute Gasteiger partial charge is 0.416 e. The molecule has 5 nitrogen and oxygen atoms in total. The van der Waals surface area contributed by atoms with E-state index >= 15 is 0 Å². The molecule has 0 aliphatic heterocycles. The van der Waals surface area contributed by atoms with Gasteiger partial charge in [-0.15, -0.1) is 0 Å². The molecule has 0 heterocycles. The fraction of sp³-hybridized carbons (Fsp3) is 0.263. The van der Waals surface area contributed by atoms with Crippen LogP contribution in [-0.2, 0) is 15.7 Å². The minimum Gasteiger partial charge on any atom is -0.484 e. The zero-order chi connectivity index (χ0) is 20.0. The van der Waals surface area contributed by atoms with Gasteiger partial charge >= 0.3 is 12.1 Å². The average molecular weight is 381 g/mol. The van der Waals surface area contributed by atoms with E-state index in [0.29, 0.717) is 16.8 Å². The second-order valence-corrected chi connectivity index (χ2v) is 5.61. The third-order valence-corrected chi connectivity index (χ3v) is 3.54. The number of halogens is 3. The monoisotopic (exact) mass is 381 g/mol. The number of ether oxygens (including phenoxy) is 2. The Balaban J connectivity index is 1.97. The molecule has 27 heavy (non-hydrogen) atoms. The Bertz CT molecular complexity index is 834. The fourth-order valence-electron chi connectivity index (χ4n) is 2.24. The SMILES string of the molecule is CCOC(=O)c1ccc(NC(=O)COc2cccc(C(F)(F)F)c2)c(C)c1. The number of esters is 1. The van der Waals surface area contributed by atoms with Crippen LogP contribution in [0.15, 0.2) is 42.5 Å². The number of carbonyl (C=O) groups is 2. The van der Waals surface area contributed by atoms with Crippen molar-refractivity contribution in [3.8, 4) is 5.75 Å². The van der Waals surface area contributed by atoms with Gasteiger partial charge in [0.2, 0.25) is 0 Å². The highest BCUT2D eigenvalue weighted by molar-refractivity contribution is 5.94. The lowest BCUT2D eigenvalue weighted by Crippen LogP contribution is -2.21. The Hall–Kier alpha value is -3.03.